The molecule has 1 aliphatic heterocycles. The number of carbonyl (C=O) groups is 2. The maximum Gasteiger partial charge on any atom is 0.407 e. The second kappa shape index (κ2) is 6.44. The number of nitrogens with zero attached hydrogens (tertiary/aromatic N) is 1. The lowest BCUT2D eigenvalue weighted by atomic mass is 10.2. The summed E-state index contributed by atoms with van der Waals surface area (Å²) >= 11 is 0. The number of hydrogen-bond donors (Lipinski definition) is 1. The third kappa shape index (κ3) is 4.60. The van der Waals surface area contributed by atoms with E-state index in [1.807, 2.05) is 13.8 Å². The van der Waals surface area contributed by atoms with Crippen LogP contribution in [0.3, 0.4) is 0 Å². The van der Waals surface area contributed by atoms with E-state index >= 15 is 0 Å². The Balaban J connectivity index is 2.34. The van der Waals surface area contributed by atoms with E-state index in [9.17, 15) is 9.59 Å². The molecule has 0 aromatic carbocycles. The highest BCUT2D eigenvalue weighted by atomic mass is 16.5. The number of rotatable bonds is 3. The first kappa shape index (κ1) is 13.8. The van der Waals surface area contributed by atoms with Gasteiger partial charge in [0.1, 0.15) is 6.54 Å². The molecule has 1 N–H and O–H groups in total. The Morgan fingerprint density at radius 1 is 1.35 bits per heavy atom. The van der Waals surface area contributed by atoms with Gasteiger partial charge in [-0.2, -0.15) is 0 Å². The molecule has 0 radical (unpaired) electrons. The lowest BCUT2D eigenvalue weighted by Crippen LogP contribution is -2.51. The van der Waals surface area contributed by atoms with Crippen molar-refractivity contribution >= 4 is 12.0 Å². The van der Waals surface area contributed by atoms with Gasteiger partial charge in [-0.1, -0.05) is 0 Å². The van der Waals surface area contributed by atoms with Crippen molar-refractivity contribution in [2.75, 3.05) is 26.2 Å². The maximum absolute atomic E-state index is 11.8. The van der Waals surface area contributed by atoms with Crippen molar-refractivity contribution in [2.24, 2.45) is 0 Å². The van der Waals surface area contributed by atoms with Crippen molar-refractivity contribution < 1.29 is 19.1 Å². The van der Waals surface area contributed by atoms with Crippen molar-refractivity contribution in [3.63, 3.8) is 0 Å². The zero-order valence-corrected chi connectivity index (χ0v) is 10.6. The Hall–Kier alpha value is -1.30. The molecule has 98 valence electrons. The van der Waals surface area contributed by atoms with Crippen LogP contribution in [0.4, 0.5) is 4.79 Å². The van der Waals surface area contributed by atoms with Crippen molar-refractivity contribution in [2.45, 2.75) is 33.0 Å². The minimum Gasteiger partial charge on any atom is -0.450 e. The van der Waals surface area contributed by atoms with Gasteiger partial charge in [0, 0.05) is 13.1 Å². The van der Waals surface area contributed by atoms with Gasteiger partial charge < -0.3 is 19.7 Å². The quantitative estimate of drug-likeness (QED) is 0.778. The first-order valence-corrected chi connectivity index (χ1v) is 5.86. The third-order valence-corrected chi connectivity index (χ3v) is 2.43. The minimum absolute atomic E-state index is 0.0295. The van der Waals surface area contributed by atoms with Gasteiger partial charge in [-0.25, -0.2) is 4.79 Å². The van der Waals surface area contributed by atoms with E-state index in [1.54, 1.807) is 11.8 Å². The van der Waals surface area contributed by atoms with Gasteiger partial charge in [0.2, 0.25) is 5.91 Å². The minimum atomic E-state index is -0.560. The van der Waals surface area contributed by atoms with Gasteiger partial charge in [-0.05, 0) is 20.8 Å². The predicted molar refractivity (Wildman–Crippen MR) is 61.6 cm³/mol. The number of carbonyl (C=O) groups excluding carboxylic acids is 2. The monoisotopic (exact) mass is 244 g/mol. The first-order valence-electron chi connectivity index (χ1n) is 5.86. The van der Waals surface area contributed by atoms with E-state index in [0.717, 1.165) is 0 Å². The predicted octanol–water partition coefficient (Wildman–Crippen LogP) is 0.368. The summed E-state index contributed by atoms with van der Waals surface area (Å²) in [6, 6.07) is 0. The molecule has 0 bridgehead atoms. The summed E-state index contributed by atoms with van der Waals surface area (Å²) in [5.41, 5.74) is 0. The second-order valence-corrected chi connectivity index (χ2v) is 4.13. The van der Waals surface area contributed by atoms with Crippen LogP contribution in [0.1, 0.15) is 20.8 Å². The number of nitrogens with one attached hydrogen (secondary N) is 1. The molecule has 0 aromatic rings. The van der Waals surface area contributed by atoms with Crippen molar-refractivity contribution in [3.8, 4) is 0 Å². The topological polar surface area (TPSA) is 67.9 Å². The van der Waals surface area contributed by atoms with Crippen LogP contribution in [0.5, 0.6) is 0 Å². The molecule has 2 atom stereocenters. The van der Waals surface area contributed by atoms with E-state index in [0.29, 0.717) is 19.7 Å². The standard InChI is InChI=1S/C11H20N2O4/c1-4-16-11(15)12-5-10(14)13-6-8(2)17-9(3)7-13/h8-9H,4-7H2,1-3H3,(H,12,15)/t8-,9-/m0/s1. The van der Waals surface area contributed by atoms with Crippen LogP contribution in [0, 0.1) is 0 Å². The summed E-state index contributed by atoms with van der Waals surface area (Å²) in [6.45, 7) is 6.96. The van der Waals surface area contributed by atoms with Crippen molar-refractivity contribution in [3.05, 3.63) is 0 Å². The zero-order valence-electron chi connectivity index (χ0n) is 10.6. The summed E-state index contributed by atoms with van der Waals surface area (Å²) in [5, 5.41) is 2.42. The van der Waals surface area contributed by atoms with Gasteiger partial charge in [0.05, 0.1) is 18.8 Å². The molecule has 1 heterocycles. The van der Waals surface area contributed by atoms with Gasteiger partial charge >= 0.3 is 6.09 Å². The third-order valence-electron chi connectivity index (χ3n) is 2.43. The largest absolute Gasteiger partial charge is 0.450 e. The lowest BCUT2D eigenvalue weighted by molar-refractivity contribution is -0.142. The number of hydrogen-bond acceptors (Lipinski definition) is 4. The van der Waals surface area contributed by atoms with Gasteiger partial charge in [0.15, 0.2) is 0 Å². The van der Waals surface area contributed by atoms with Gasteiger partial charge in [0.25, 0.3) is 0 Å². The highest BCUT2D eigenvalue weighted by molar-refractivity contribution is 5.82. The van der Waals surface area contributed by atoms with E-state index < -0.39 is 6.09 Å². The fourth-order valence-corrected chi connectivity index (χ4v) is 1.82. The van der Waals surface area contributed by atoms with Gasteiger partial charge in [-0.15, -0.1) is 0 Å². The average molecular weight is 244 g/mol. The number of morpholine rings is 1. The van der Waals surface area contributed by atoms with E-state index in [4.69, 9.17) is 4.74 Å². The Morgan fingerprint density at radius 3 is 2.47 bits per heavy atom. The van der Waals surface area contributed by atoms with E-state index in [1.165, 1.54) is 0 Å². The van der Waals surface area contributed by atoms with Crippen LogP contribution < -0.4 is 5.32 Å². The second-order valence-electron chi connectivity index (χ2n) is 4.13. The molecule has 2 amide bonds. The molecule has 0 aromatic heterocycles. The molecular formula is C11H20N2O4. The highest BCUT2D eigenvalue weighted by Crippen LogP contribution is 2.10. The van der Waals surface area contributed by atoms with E-state index in [2.05, 4.69) is 10.1 Å². The zero-order chi connectivity index (χ0) is 12.8. The Morgan fingerprint density at radius 2 is 1.94 bits per heavy atom. The van der Waals surface area contributed by atoms with Crippen LogP contribution in [-0.4, -0.2) is 55.3 Å². The molecule has 1 aliphatic rings. The molecule has 1 saturated heterocycles. The Labute approximate surface area is 101 Å². The van der Waals surface area contributed by atoms with E-state index in [-0.39, 0.29) is 24.7 Å². The van der Waals surface area contributed by atoms with Crippen LogP contribution in [0.25, 0.3) is 0 Å². The SMILES string of the molecule is CCOC(=O)NCC(=O)N1C[C@H](C)O[C@@H](C)C1. The fourth-order valence-electron chi connectivity index (χ4n) is 1.82. The number of amides is 2. The molecule has 0 unspecified atom stereocenters. The van der Waals surface area contributed by atoms with Gasteiger partial charge in [-0.3, -0.25) is 4.79 Å². The molecule has 0 spiro atoms. The highest BCUT2D eigenvalue weighted by Gasteiger charge is 2.25. The van der Waals surface area contributed by atoms with Crippen LogP contribution >= 0.6 is 0 Å². The molecule has 1 fully saturated rings. The molecule has 0 saturated carbocycles. The number of ether oxygens (including phenoxy) is 2. The molecule has 0 aliphatic carbocycles. The molecule has 1 rings (SSSR count). The average Bonchev–Trinajstić information content (AvgIpc) is 2.25. The Kier molecular flexibility index (Phi) is 5.21. The molecule has 6 heteroatoms. The maximum atomic E-state index is 11.8. The van der Waals surface area contributed by atoms with Crippen molar-refractivity contribution in [1.82, 2.24) is 10.2 Å². The summed E-state index contributed by atoms with van der Waals surface area (Å²) in [6.07, 6.45) is -0.495. The first-order chi connectivity index (χ1) is 8.02. The summed E-state index contributed by atoms with van der Waals surface area (Å²) < 4.78 is 10.2. The molecule has 17 heavy (non-hydrogen) atoms. The molecular weight excluding hydrogens is 224 g/mol. The summed E-state index contributed by atoms with van der Waals surface area (Å²) in [5.74, 6) is -0.111. The van der Waals surface area contributed by atoms with Crippen LogP contribution in [0.2, 0.25) is 0 Å². The van der Waals surface area contributed by atoms with Crippen LogP contribution in [-0.2, 0) is 14.3 Å². The molecule has 6 nitrogen and oxygen atoms in total. The number of alkyl carbamates (subject to hydrolysis) is 1. The summed E-state index contributed by atoms with van der Waals surface area (Å²) in [4.78, 5) is 24.5. The van der Waals surface area contributed by atoms with Crippen LogP contribution in [0.15, 0.2) is 0 Å². The van der Waals surface area contributed by atoms with Crippen molar-refractivity contribution in [1.29, 1.82) is 0 Å². The fraction of sp³-hybridized carbons (Fsp3) is 0.818. The summed E-state index contributed by atoms with van der Waals surface area (Å²) in [7, 11) is 0. The Bertz CT molecular complexity index is 273. The normalized spacial score (nSPS) is 24.3. The smallest absolute Gasteiger partial charge is 0.407 e. The lowest BCUT2D eigenvalue weighted by Gasteiger charge is -2.35.